The van der Waals surface area contributed by atoms with Crippen LogP contribution in [-0.2, 0) is 14.3 Å². The van der Waals surface area contributed by atoms with Gasteiger partial charge in [0.25, 0.3) is 5.91 Å². The van der Waals surface area contributed by atoms with Gasteiger partial charge < -0.3 is 29.5 Å². The molecule has 33 heavy (non-hydrogen) atoms. The van der Waals surface area contributed by atoms with E-state index in [0.29, 0.717) is 50.6 Å². The standard InChI is InChI=1S/C23H38N4O6/c1-17(2)7-13-33-21-15-27(18(3)28)11-10-26(23(31)19-6-8-24-25-14-19)9-4-5-12-32-16-20(29)22(21)30/h6,8,14,17,20-22,29-30H,4-5,7,9-13,15-16H2,1-3H3/t20-,21-,22-/m1/s1. The zero-order chi connectivity index (χ0) is 24.2. The van der Waals surface area contributed by atoms with Gasteiger partial charge in [0.1, 0.15) is 18.3 Å². The summed E-state index contributed by atoms with van der Waals surface area (Å²) >= 11 is 0. The molecule has 2 amide bonds. The minimum Gasteiger partial charge on any atom is -0.388 e. The van der Waals surface area contributed by atoms with Gasteiger partial charge in [0.05, 0.1) is 24.6 Å². The van der Waals surface area contributed by atoms with E-state index >= 15 is 0 Å². The van der Waals surface area contributed by atoms with Gasteiger partial charge in [-0.3, -0.25) is 9.59 Å². The van der Waals surface area contributed by atoms with E-state index in [2.05, 4.69) is 24.0 Å². The topological polar surface area (TPSA) is 125 Å². The quantitative estimate of drug-likeness (QED) is 0.651. The number of ether oxygens (including phenoxy) is 2. The number of aliphatic hydroxyl groups is 2. The molecule has 0 spiro atoms. The lowest BCUT2D eigenvalue weighted by molar-refractivity contribution is -0.140. The smallest absolute Gasteiger partial charge is 0.255 e. The summed E-state index contributed by atoms with van der Waals surface area (Å²) in [6.07, 6.45) is 1.97. The van der Waals surface area contributed by atoms with Gasteiger partial charge in [-0.1, -0.05) is 13.8 Å². The maximum Gasteiger partial charge on any atom is 0.255 e. The van der Waals surface area contributed by atoms with Gasteiger partial charge in [-0.05, 0) is 31.2 Å². The highest BCUT2D eigenvalue weighted by Crippen LogP contribution is 2.13. The molecule has 1 aromatic rings. The molecule has 10 heteroatoms. The first-order chi connectivity index (χ1) is 15.8. The first-order valence-corrected chi connectivity index (χ1v) is 11.7. The van der Waals surface area contributed by atoms with Crippen LogP contribution in [0.2, 0.25) is 0 Å². The Morgan fingerprint density at radius 2 is 1.94 bits per heavy atom. The SMILES string of the molecule is CC(=O)N1CCN(C(=O)c2ccnnc2)CCCCOC[C@@H](O)[C@@H](O)[C@H](OCCC(C)C)C1. The van der Waals surface area contributed by atoms with Gasteiger partial charge in [0.2, 0.25) is 5.91 Å². The van der Waals surface area contributed by atoms with Crippen molar-refractivity contribution in [3.8, 4) is 0 Å². The molecule has 10 nitrogen and oxygen atoms in total. The fraction of sp³-hybridized carbons (Fsp3) is 0.739. The van der Waals surface area contributed by atoms with Crippen molar-refractivity contribution < 1.29 is 29.3 Å². The molecule has 2 N–H and O–H groups in total. The normalized spacial score (nSPS) is 23.9. The fourth-order valence-corrected chi connectivity index (χ4v) is 3.52. The molecule has 0 aromatic carbocycles. The second-order valence-corrected chi connectivity index (χ2v) is 8.82. The van der Waals surface area contributed by atoms with Crippen LogP contribution in [0.25, 0.3) is 0 Å². The summed E-state index contributed by atoms with van der Waals surface area (Å²) in [5.41, 5.74) is 0.435. The Hall–Kier alpha value is -2.14. The molecule has 2 heterocycles. The lowest BCUT2D eigenvalue weighted by Crippen LogP contribution is -2.50. The highest BCUT2D eigenvalue weighted by Gasteiger charge is 2.30. The highest BCUT2D eigenvalue weighted by atomic mass is 16.5. The zero-order valence-electron chi connectivity index (χ0n) is 19.9. The average molecular weight is 467 g/mol. The Bertz CT molecular complexity index is 720. The van der Waals surface area contributed by atoms with E-state index in [1.807, 2.05) is 0 Å². The average Bonchev–Trinajstić information content (AvgIpc) is 2.79. The van der Waals surface area contributed by atoms with Crippen molar-refractivity contribution in [1.82, 2.24) is 20.0 Å². The van der Waals surface area contributed by atoms with E-state index < -0.39 is 18.3 Å². The number of hydrogen-bond donors (Lipinski definition) is 2. The monoisotopic (exact) mass is 466 g/mol. The van der Waals surface area contributed by atoms with E-state index in [9.17, 15) is 19.8 Å². The molecule has 186 valence electrons. The summed E-state index contributed by atoms with van der Waals surface area (Å²) in [6, 6.07) is 1.61. The minimum atomic E-state index is -1.21. The molecule has 1 aliphatic heterocycles. The summed E-state index contributed by atoms with van der Waals surface area (Å²) in [7, 11) is 0. The van der Waals surface area contributed by atoms with Crippen LogP contribution in [-0.4, -0.2) is 106 Å². The van der Waals surface area contributed by atoms with Crippen LogP contribution in [0.5, 0.6) is 0 Å². The second kappa shape index (κ2) is 14.2. The first-order valence-electron chi connectivity index (χ1n) is 11.7. The number of hydrogen-bond acceptors (Lipinski definition) is 8. The highest BCUT2D eigenvalue weighted by molar-refractivity contribution is 5.93. The van der Waals surface area contributed by atoms with Gasteiger partial charge in [-0.2, -0.15) is 10.2 Å². The predicted octanol–water partition coefficient (Wildman–Crippen LogP) is 0.731. The lowest BCUT2D eigenvalue weighted by atomic mass is 10.1. The molecule has 0 radical (unpaired) electrons. The zero-order valence-corrected chi connectivity index (χ0v) is 19.9. The third kappa shape index (κ3) is 9.32. The molecule has 3 atom stereocenters. The number of aromatic nitrogens is 2. The molecule has 1 aromatic heterocycles. The molecular formula is C23H38N4O6. The molecule has 1 fully saturated rings. The van der Waals surface area contributed by atoms with Gasteiger partial charge in [0.15, 0.2) is 0 Å². The summed E-state index contributed by atoms with van der Waals surface area (Å²) in [5, 5.41) is 28.6. The van der Waals surface area contributed by atoms with Crippen LogP contribution in [0, 0.1) is 5.92 Å². The van der Waals surface area contributed by atoms with Crippen molar-refractivity contribution >= 4 is 11.8 Å². The Labute approximate surface area is 195 Å². The van der Waals surface area contributed by atoms with Crippen LogP contribution in [0.4, 0.5) is 0 Å². The Kier molecular flexibility index (Phi) is 11.7. The van der Waals surface area contributed by atoms with E-state index in [1.165, 1.54) is 19.3 Å². The molecular weight excluding hydrogens is 428 g/mol. The van der Waals surface area contributed by atoms with Gasteiger partial charge in [-0.25, -0.2) is 0 Å². The Morgan fingerprint density at radius 3 is 2.61 bits per heavy atom. The molecule has 0 bridgehead atoms. The van der Waals surface area contributed by atoms with Crippen molar-refractivity contribution in [2.24, 2.45) is 5.92 Å². The van der Waals surface area contributed by atoms with E-state index in [0.717, 1.165) is 6.42 Å². The molecule has 1 aliphatic rings. The third-order valence-corrected chi connectivity index (χ3v) is 5.66. The van der Waals surface area contributed by atoms with Gasteiger partial charge >= 0.3 is 0 Å². The number of rotatable bonds is 5. The molecule has 2 rings (SSSR count). The molecule has 1 saturated heterocycles. The Morgan fingerprint density at radius 1 is 1.18 bits per heavy atom. The van der Waals surface area contributed by atoms with Gasteiger partial charge in [0, 0.05) is 46.3 Å². The molecule has 0 saturated carbocycles. The van der Waals surface area contributed by atoms with E-state index in [4.69, 9.17) is 9.47 Å². The summed E-state index contributed by atoms with van der Waals surface area (Å²) in [4.78, 5) is 28.6. The van der Waals surface area contributed by atoms with E-state index in [1.54, 1.807) is 15.9 Å². The predicted molar refractivity (Wildman–Crippen MR) is 121 cm³/mol. The number of aliphatic hydroxyl groups excluding tert-OH is 2. The number of carbonyl (C=O) groups is 2. The summed E-state index contributed by atoms with van der Waals surface area (Å²) in [6.45, 7) is 7.56. The van der Waals surface area contributed by atoms with Gasteiger partial charge in [-0.15, -0.1) is 0 Å². The minimum absolute atomic E-state index is 0.0311. The Balaban J connectivity index is 2.17. The summed E-state index contributed by atoms with van der Waals surface area (Å²) in [5.74, 6) is 0.0390. The number of amides is 2. The summed E-state index contributed by atoms with van der Waals surface area (Å²) < 4.78 is 11.4. The number of nitrogens with zero attached hydrogens (tertiary/aromatic N) is 4. The third-order valence-electron chi connectivity index (χ3n) is 5.66. The van der Waals surface area contributed by atoms with Crippen LogP contribution in [0.1, 0.15) is 50.4 Å². The van der Waals surface area contributed by atoms with E-state index in [-0.39, 0.29) is 31.5 Å². The lowest BCUT2D eigenvalue weighted by Gasteiger charge is -2.33. The maximum atomic E-state index is 13.0. The van der Waals surface area contributed by atoms with Crippen molar-refractivity contribution in [3.63, 3.8) is 0 Å². The van der Waals surface area contributed by atoms with Crippen molar-refractivity contribution in [2.75, 3.05) is 46.0 Å². The van der Waals surface area contributed by atoms with Crippen molar-refractivity contribution in [3.05, 3.63) is 24.0 Å². The number of carbonyl (C=O) groups excluding carboxylic acids is 2. The van der Waals surface area contributed by atoms with Crippen molar-refractivity contribution in [2.45, 2.75) is 58.3 Å². The second-order valence-electron chi connectivity index (χ2n) is 8.82. The first kappa shape index (κ1) is 27.1. The van der Waals surface area contributed by atoms with Crippen molar-refractivity contribution in [1.29, 1.82) is 0 Å². The van der Waals surface area contributed by atoms with Crippen LogP contribution < -0.4 is 0 Å². The largest absolute Gasteiger partial charge is 0.388 e. The van der Waals surface area contributed by atoms with Crippen LogP contribution in [0.3, 0.4) is 0 Å². The van der Waals surface area contributed by atoms with Crippen LogP contribution in [0.15, 0.2) is 18.5 Å². The fourth-order valence-electron chi connectivity index (χ4n) is 3.52. The molecule has 0 aliphatic carbocycles. The van der Waals surface area contributed by atoms with Crippen LogP contribution >= 0.6 is 0 Å². The maximum absolute atomic E-state index is 13.0. The molecule has 0 unspecified atom stereocenters.